The SMILES string of the molecule is CN(C(=O)C(Br)Cc1ccccc1Cl)c1ccccc1. The van der Waals surface area contributed by atoms with Crippen molar-refractivity contribution in [3.05, 3.63) is 65.2 Å². The minimum atomic E-state index is -0.299. The Labute approximate surface area is 132 Å². The van der Waals surface area contributed by atoms with Gasteiger partial charge in [0.1, 0.15) is 0 Å². The second-order valence-corrected chi connectivity index (χ2v) is 6.01. The fraction of sp³-hybridized carbons (Fsp3) is 0.188. The molecule has 20 heavy (non-hydrogen) atoms. The second kappa shape index (κ2) is 6.91. The van der Waals surface area contributed by atoms with Crippen LogP contribution >= 0.6 is 27.5 Å². The zero-order valence-electron chi connectivity index (χ0n) is 11.1. The number of rotatable bonds is 4. The van der Waals surface area contributed by atoms with Crippen molar-refractivity contribution in [2.45, 2.75) is 11.2 Å². The molecule has 4 heteroatoms. The van der Waals surface area contributed by atoms with Crippen LogP contribution in [0.5, 0.6) is 0 Å². The summed E-state index contributed by atoms with van der Waals surface area (Å²) >= 11 is 9.59. The summed E-state index contributed by atoms with van der Waals surface area (Å²) in [4.78, 5) is 13.7. The molecule has 0 N–H and O–H groups in total. The van der Waals surface area contributed by atoms with E-state index < -0.39 is 0 Å². The first-order valence-corrected chi connectivity index (χ1v) is 7.59. The molecule has 0 heterocycles. The van der Waals surface area contributed by atoms with Crippen molar-refractivity contribution in [2.75, 3.05) is 11.9 Å². The molecule has 2 nitrogen and oxygen atoms in total. The number of halogens is 2. The molecule has 0 aliphatic rings. The van der Waals surface area contributed by atoms with Crippen LogP contribution in [-0.4, -0.2) is 17.8 Å². The normalized spacial score (nSPS) is 11.9. The van der Waals surface area contributed by atoms with Crippen molar-refractivity contribution < 1.29 is 4.79 Å². The van der Waals surface area contributed by atoms with Crippen LogP contribution in [0.1, 0.15) is 5.56 Å². The van der Waals surface area contributed by atoms with Gasteiger partial charge >= 0.3 is 0 Å². The maximum Gasteiger partial charge on any atom is 0.240 e. The van der Waals surface area contributed by atoms with E-state index in [1.807, 2.05) is 54.6 Å². The Hall–Kier alpha value is -1.32. The van der Waals surface area contributed by atoms with E-state index >= 15 is 0 Å². The van der Waals surface area contributed by atoms with Gasteiger partial charge in [-0.1, -0.05) is 63.9 Å². The van der Waals surface area contributed by atoms with Crippen LogP contribution in [-0.2, 0) is 11.2 Å². The number of benzene rings is 2. The van der Waals surface area contributed by atoms with Gasteiger partial charge in [-0.2, -0.15) is 0 Å². The smallest absolute Gasteiger partial charge is 0.240 e. The largest absolute Gasteiger partial charge is 0.315 e. The van der Waals surface area contributed by atoms with E-state index in [1.54, 1.807) is 11.9 Å². The number of amides is 1. The lowest BCUT2D eigenvalue weighted by Crippen LogP contribution is -2.34. The van der Waals surface area contributed by atoms with Gasteiger partial charge in [0.25, 0.3) is 0 Å². The molecule has 0 saturated heterocycles. The van der Waals surface area contributed by atoms with Crippen molar-refractivity contribution in [1.82, 2.24) is 0 Å². The fourth-order valence-electron chi connectivity index (χ4n) is 1.93. The van der Waals surface area contributed by atoms with E-state index in [-0.39, 0.29) is 10.7 Å². The lowest BCUT2D eigenvalue weighted by molar-refractivity contribution is -0.117. The van der Waals surface area contributed by atoms with Gasteiger partial charge < -0.3 is 4.90 Å². The first-order chi connectivity index (χ1) is 9.59. The third-order valence-electron chi connectivity index (χ3n) is 3.10. The van der Waals surface area contributed by atoms with E-state index in [0.29, 0.717) is 11.4 Å². The quantitative estimate of drug-likeness (QED) is 0.751. The number of alkyl halides is 1. The van der Waals surface area contributed by atoms with Crippen LogP contribution in [0.15, 0.2) is 54.6 Å². The molecule has 0 bridgehead atoms. The molecule has 1 atom stereocenters. The molecule has 2 aromatic rings. The average molecular weight is 353 g/mol. The van der Waals surface area contributed by atoms with Gasteiger partial charge in [0.05, 0.1) is 4.83 Å². The molecule has 0 radical (unpaired) electrons. The van der Waals surface area contributed by atoms with Crippen molar-refractivity contribution in [3.63, 3.8) is 0 Å². The molecule has 1 unspecified atom stereocenters. The molecular formula is C16H15BrClNO. The van der Waals surface area contributed by atoms with Crippen molar-refractivity contribution in [1.29, 1.82) is 0 Å². The summed E-state index contributed by atoms with van der Waals surface area (Å²) in [5, 5.41) is 0.687. The molecule has 2 rings (SSSR count). The molecule has 0 aromatic heterocycles. The summed E-state index contributed by atoms with van der Waals surface area (Å²) in [6.45, 7) is 0. The number of para-hydroxylation sites is 1. The molecular weight excluding hydrogens is 338 g/mol. The van der Waals surface area contributed by atoms with Crippen molar-refractivity contribution in [3.8, 4) is 0 Å². The van der Waals surface area contributed by atoms with Gasteiger partial charge in [0.15, 0.2) is 0 Å². The molecule has 1 amide bonds. The van der Waals surface area contributed by atoms with Gasteiger partial charge in [0.2, 0.25) is 5.91 Å². The predicted octanol–water partition coefficient (Wildman–Crippen LogP) is 4.31. The molecule has 0 spiro atoms. The van der Waals surface area contributed by atoms with Crippen molar-refractivity contribution >= 4 is 39.1 Å². The summed E-state index contributed by atoms with van der Waals surface area (Å²) < 4.78 is 0. The van der Waals surface area contributed by atoms with E-state index in [9.17, 15) is 4.79 Å². The topological polar surface area (TPSA) is 20.3 Å². The average Bonchev–Trinajstić information content (AvgIpc) is 2.49. The second-order valence-electron chi connectivity index (χ2n) is 4.50. The van der Waals surface area contributed by atoms with E-state index in [2.05, 4.69) is 15.9 Å². The first-order valence-electron chi connectivity index (χ1n) is 6.29. The van der Waals surface area contributed by atoms with Crippen LogP contribution in [0.4, 0.5) is 5.69 Å². The van der Waals surface area contributed by atoms with E-state index in [1.165, 1.54) is 0 Å². The van der Waals surface area contributed by atoms with Gasteiger partial charge in [-0.05, 0) is 30.2 Å². The van der Waals surface area contributed by atoms with Crippen LogP contribution in [0, 0.1) is 0 Å². The zero-order valence-corrected chi connectivity index (χ0v) is 13.4. The highest BCUT2D eigenvalue weighted by Crippen LogP contribution is 2.22. The Balaban J connectivity index is 2.08. The van der Waals surface area contributed by atoms with Gasteiger partial charge in [-0.15, -0.1) is 0 Å². The highest BCUT2D eigenvalue weighted by atomic mass is 79.9. The van der Waals surface area contributed by atoms with Gasteiger partial charge in [-0.25, -0.2) is 0 Å². The number of carbonyl (C=O) groups is 1. The number of hydrogen-bond donors (Lipinski definition) is 0. The summed E-state index contributed by atoms with van der Waals surface area (Å²) in [6, 6.07) is 17.2. The lowest BCUT2D eigenvalue weighted by Gasteiger charge is -2.20. The Morgan fingerprint density at radius 2 is 1.75 bits per heavy atom. The number of hydrogen-bond acceptors (Lipinski definition) is 1. The highest BCUT2D eigenvalue weighted by Gasteiger charge is 2.21. The summed E-state index contributed by atoms with van der Waals surface area (Å²) in [5.74, 6) is 0.0103. The monoisotopic (exact) mass is 351 g/mol. The fourth-order valence-corrected chi connectivity index (χ4v) is 2.80. The first kappa shape index (κ1) is 15.1. The highest BCUT2D eigenvalue weighted by molar-refractivity contribution is 9.10. The minimum absolute atomic E-state index is 0.0103. The molecule has 104 valence electrons. The third-order valence-corrected chi connectivity index (χ3v) is 4.18. The van der Waals surface area contributed by atoms with E-state index in [0.717, 1.165) is 11.3 Å². The summed E-state index contributed by atoms with van der Waals surface area (Å²) in [5.41, 5.74) is 1.84. The van der Waals surface area contributed by atoms with Crippen LogP contribution in [0.3, 0.4) is 0 Å². The van der Waals surface area contributed by atoms with Gasteiger partial charge in [-0.3, -0.25) is 4.79 Å². The number of carbonyl (C=O) groups excluding carboxylic acids is 1. The molecule has 0 aliphatic heterocycles. The number of nitrogens with zero attached hydrogens (tertiary/aromatic N) is 1. The molecule has 0 fully saturated rings. The predicted molar refractivity (Wildman–Crippen MR) is 87.7 cm³/mol. The number of anilines is 1. The Kier molecular flexibility index (Phi) is 5.21. The Morgan fingerprint density at radius 3 is 2.40 bits per heavy atom. The van der Waals surface area contributed by atoms with Crippen LogP contribution in [0.25, 0.3) is 0 Å². The third kappa shape index (κ3) is 3.62. The molecule has 2 aromatic carbocycles. The zero-order chi connectivity index (χ0) is 14.5. The maximum atomic E-state index is 12.4. The summed E-state index contributed by atoms with van der Waals surface area (Å²) in [6.07, 6.45) is 0.565. The molecule has 0 aliphatic carbocycles. The summed E-state index contributed by atoms with van der Waals surface area (Å²) in [7, 11) is 1.78. The van der Waals surface area contributed by atoms with Crippen LogP contribution < -0.4 is 4.90 Å². The molecule has 0 saturated carbocycles. The standard InChI is InChI=1S/C16H15BrClNO/c1-19(13-8-3-2-4-9-13)16(20)14(17)11-12-7-5-6-10-15(12)18/h2-10,14H,11H2,1H3. The Morgan fingerprint density at radius 1 is 1.15 bits per heavy atom. The minimum Gasteiger partial charge on any atom is -0.315 e. The van der Waals surface area contributed by atoms with E-state index in [4.69, 9.17) is 11.6 Å². The lowest BCUT2D eigenvalue weighted by atomic mass is 10.1. The Bertz CT molecular complexity index is 588. The van der Waals surface area contributed by atoms with Crippen LogP contribution in [0.2, 0.25) is 5.02 Å². The maximum absolute atomic E-state index is 12.4. The van der Waals surface area contributed by atoms with Crippen molar-refractivity contribution in [2.24, 2.45) is 0 Å². The van der Waals surface area contributed by atoms with Gasteiger partial charge in [0, 0.05) is 17.8 Å².